The minimum absolute atomic E-state index is 0.181. The summed E-state index contributed by atoms with van der Waals surface area (Å²) in [6.07, 6.45) is 1.96. The summed E-state index contributed by atoms with van der Waals surface area (Å²) in [6.45, 7) is 0.645. The van der Waals surface area contributed by atoms with Gasteiger partial charge in [-0.1, -0.05) is 24.3 Å². The summed E-state index contributed by atoms with van der Waals surface area (Å²) >= 11 is 0. The van der Waals surface area contributed by atoms with Gasteiger partial charge in [-0.15, -0.1) is 0 Å². The molecule has 0 spiro atoms. The molecule has 0 saturated heterocycles. The quantitative estimate of drug-likeness (QED) is 0.622. The van der Waals surface area contributed by atoms with Crippen LogP contribution < -0.4 is 4.74 Å². The molecule has 6 nitrogen and oxygen atoms in total. The van der Waals surface area contributed by atoms with Crippen molar-refractivity contribution < 1.29 is 23.8 Å². The van der Waals surface area contributed by atoms with Crippen LogP contribution in [-0.4, -0.2) is 43.6 Å². The van der Waals surface area contributed by atoms with Crippen LogP contribution in [0.4, 0.5) is 0 Å². The maximum Gasteiger partial charge on any atom is 0.338 e. The molecule has 1 saturated carbocycles. The van der Waals surface area contributed by atoms with Gasteiger partial charge in [-0.05, 0) is 48.2 Å². The van der Waals surface area contributed by atoms with E-state index >= 15 is 0 Å². The minimum atomic E-state index is -0.508. The predicted octanol–water partition coefficient (Wildman–Crippen LogP) is 3.19. The van der Waals surface area contributed by atoms with Crippen LogP contribution >= 0.6 is 0 Å². The third-order valence-electron chi connectivity index (χ3n) is 4.62. The molecule has 1 fully saturated rings. The van der Waals surface area contributed by atoms with E-state index in [2.05, 4.69) is 0 Å². The molecule has 148 valence electrons. The second-order valence-corrected chi connectivity index (χ2v) is 6.81. The predicted molar refractivity (Wildman–Crippen MR) is 104 cm³/mol. The molecule has 0 bridgehead atoms. The first kappa shape index (κ1) is 19.9. The number of esters is 1. The van der Waals surface area contributed by atoms with E-state index < -0.39 is 5.97 Å². The molecule has 0 heterocycles. The highest BCUT2D eigenvalue weighted by molar-refractivity contribution is 5.91. The van der Waals surface area contributed by atoms with Crippen molar-refractivity contribution in [2.24, 2.45) is 0 Å². The summed E-state index contributed by atoms with van der Waals surface area (Å²) < 4.78 is 15.5. The second-order valence-electron chi connectivity index (χ2n) is 6.81. The molecule has 0 unspecified atom stereocenters. The van der Waals surface area contributed by atoms with E-state index in [4.69, 9.17) is 14.2 Å². The van der Waals surface area contributed by atoms with Gasteiger partial charge in [-0.3, -0.25) is 4.79 Å². The summed E-state index contributed by atoms with van der Waals surface area (Å²) in [4.78, 5) is 26.7. The van der Waals surface area contributed by atoms with Crippen molar-refractivity contribution in [1.82, 2.24) is 4.90 Å². The number of amides is 1. The molecule has 0 aliphatic heterocycles. The lowest BCUT2D eigenvalue weighted by atomic mass is 10.1. The van der Waals surface area contributed by atoms with Crippen LogP contribution in [0.2, 0.25) is 0 Å². The Hall–Kier alpha value is -2.86. The maximum atomic E-state index is 12.7. The molecule has 2 aromatic carbocycles. The van der Waals surface area contributed by atoms with Crippen LogP contribution in [0.15, 0.2) is 48.5 Å². The molecule has 6 heteroatoms. The van der Waals surface area contributed by atoms with E-state index in [-0.39, 0.29) is 18.6 Å². The molecule has 3 rings (SSSR count). The first-order chi connectivity index (χ1) is 13.6. The highest BCUT2D eigenvalue weighted by Gasteiger charge is 2.33. The molecule has 1 aliphatic carbocycles. The highest BCUT2D eigenvalue weighted by atomic mass is 16.5. The Morgan fingerprint density at radius 3 is 2.43 bits per heavy atom. The van der Waals surface area contributed by atoms with Gasteiger partial charge in [-0.2, -0.15) is 0 Å². The van der Waals surface area contributed by atoms with Gasteiger partial charge in [-0.25, -0.2) is 4.79 Å². The first-order valence-corrected chi connectivity index (χ1v) is 9.28. The number of hydrogen-bond donors (Lipinski definition) is 0. The van der Waals surface area contributed by atoms with E-state index in [9.17, 15) is 9.59 Å². The maximum absolute atomic E-state index is 12.7. The van der Waals surface area contributed by atoms with Gasteiger partial charge >= 0.3 is 5.97 Å². The molecule has 0 radical (unpaired) electrons. The Balaban J connectivity index is 1.58. The monoisotopic (exact) mass is 383 g/mol. The number of carbonyl (C=O) groups excluding carboxylic acids is 2. The Morgan fingerprint density at radius 2 is 1.79 bits per heavy atom. The third kappa shape index (κ3) is 5.33. The van der Waals surface area contributed by atoms with E-state index in [1.807, 2.05) is 30.3 Å². The molecule has 1 amide bonds. The van der Waals surface area contributed by atoms with Crippen molar-refractivity contribution in [3.05, 3.63) is 65.2 Å². The molecule has 0 aromatic heterocycles. The smallest absolute Gasteiger partial charge is 0.338 e. The zero-order valence-corrected chi connectivity index (χ0v) is 16.2. The van der Waals surface area contributed by atoms with Gasteiger partial charge in [0.05, 0.1) is 19.3 Å². The molecule has 28 heavy (non-hydrogen) atoms. The number of rotatable bonds is 9. The molecule has 1 aliphatic rings. The van der Waals surface area contributed by atoms with Gasteiger partial charge < -0.3 is 19.1 Å². The van der Waals surface area contributed by atoms with Crippen molar-refractivity contribution in [2.45, 2.75) is 32.0 Å². The Labute approximate surface area is 165 Å². The van der Waals surface area contributed by atoms with Crippen molar-refractivity contribution in [3.8, 4) is 5.75 Å². The summed E-state index contributed by atoms with van der Waals surface area (Å²) in [5.74, 6) is 0.0869. The van der Waals surface area contributed by atoms with Crippen LogP contribution in [0.1, 0.15) is 34.3 Å². The topological polar surface area (TPSA) is 65.1 Å². The number of carbonyl (C=O) groups is 2. The normalized spacial score (nSPS) is 13.1. The van der Waals surface area contributed by atoms with Crippen LogP contribution in [0.25, 0.3) is 0 Å². The number of ether oxygens (including phenoxy) is 3. The standard InChI is InChI=1S/C22H25NO5/c1-26-14-17-4-3-5-18(12-17)22(25)28-15-21(24)23(19-8-9-19)13-16-6-10-20(27-2)11-7-16/h3-7,10-12,19H,8-9,13-15H2,1-2H3. The fourth-order valence-electron chi connectivity index (χ4n) is 2.98. The van der Waals surface area contributed by atoms with Crippen molar-refractivity contribution >= 4 is 11.9 Å². The highest BCUT2D eigenvalue weighted by Crippen LogP contribution is 2.29. The van der Waals surface area contributed by atoms with Crippen LogP contribution in [0, 0.1) is 0 Å². The fraction of sp³-hybridized carbons (Fsp3) is 0.364. The van der Waals surface area contributed by atoms with E-state index in [0.29, 0.717) is 18.7 Å². The second kappa shape index (κ2) is 9.37. The summed E-state index contributed by atoms with van der Waals surface area (Å²) in [5, 5.41) is 0. The van der Waals surface area contributed by atoms with Crippen molar-refractivity contribution in [2.75, 3.05) is 20.8 Å². The zero-order chi connectivity index (χ0) is 19.9. The Bertz CT molecular complexity index is 814. The van der Waals surface area contributed by atoms with Gasteiger partial charge in [0.1, 0.15) is 5.75 Å². The van der Waals surface area contributed by atoms with Crippen LogP contribution in [0.5, 0.6) is 5.75 Å². The number of nitrogens with zero attached hydrogens (tertiary/aromatic N) is 1. The minimum Gasteiger partial charge on any atom is -0.497 e. The summed E-state index contributed by atoms with van der Waals surface area (Å²) in [5.41, 5.74) is 2.30. The Morgan fingerprint density at radius 1 is 1.04 bits per heavy atom. The average Bonchev–Trinajstić information content (AvgIpc) is 3.56. The largest absolute Gasteiger partial charge is 0.497 e. The lowest BCUT2D eigenvalue weighted by Gasteiger charge is -2.22. The molecule has 0 atom stereocenters. The Kier molecular flexibility index (Phi) is 6.66. The lowest BCUT2D eigenvalue weighted by Crippen LogP contribution is -2.36. The average molecular weight is 383 g/mol. The van der Waals surface area contributed by atoms with Gasteiger partial charge in [0.25, 0.3) is 5.91 Å². The van der Waals surface area contributed by atoms with Crippen LogP contribution in [0.3, 0.4) is 0 Å². The third-order valence-corrected chi connectivity index (χ3v) is 4.62. The number of methoxy groups -OCH3 is 2. The van der Waals surface area contributed by atoms with Gasteiger partial charge in [0.15, 0.2) is 6.61 Å². The number of benzene rings is 2. The molecular weight excluding hydrogens is 358 g/mol. The summed E-state index contributed by atoms with van der Waals surface area (Å²) in [7, 11) is 3.22. The van der Waals surface area contributed by atoms with Gasteiger partial charge in [0.2, 0.25) is 0 Å². The fourth-order valence-corrected chi connectivity index (χ4v) is 2.98. The van der Waals surface area contributed by atoms with Crippen molar-refractivity contribution in [3.63, 3.8) is 0 Å². The van der Waals surface area contributed by atoms with E-state index in [1.54, 1.807) is 37.3 Å². The van der Waals surface area contributed by atoms with Crippen LogP contribution in [-0.2, 0) is 27.4 Å². The molecule has 0 N–H and O–H groups in total. The van der Waals surface area contributed by atoms with Gasteiger partial charge in [0, 0.05) is 19.7 Å². The zero-order valence-electron chi connectivity index (χ0n) is 16.2. The van der Waals surface area contributed by atoms with Crippen molar-refractivity contribution in [1.29, 1.82) is 0 Å². The SMILES string of the molecule is COCc1cccc(C(=O)OCC(=O)N(Cc2ccc(OC)cc2)C2CC2)c1. The van der Waals surface area contributed by atoms with E-state index in [1.165, 1.54) is 0 Å². The molecular formula is C22H25NO5. The summed E-state index contributed by atoms with van der Waals surface area (Å²) in [6, 6.07) is 14.9. The number of hydrogen-bond acceptors (Lipinski definition) is 5. The molecule has 2 aromatic rings. The lowest BCUT2D eigenvalue weighted by molar-refractivity contribution is -0.135. The first-order valence-electron chi connectivity index (χ1n) is 9.28. The van der Waals surface area contributed by atoms with E-state index in [0.717, 1.165) is 29.7 Å².